The molecule has 0 unspecified atom stereocenters. The summed E-state index contributed by atoms with van der Waals surface area (Å²) in [5.41, 5.74) is 0. The molecule has 1 aromatic rings. The van der Waals surface area contributed by atoms with Crippen molar-refractivity contribution in [3.63, 3.8) is 0 Å². The molecular weight excluding hydrogens is 138 g/mol. The van der Waals surface area contributed by atoms with E-state index in [0.29, 0.717) is 10.2 Å². The van der Waals surface area contributed by atoms with Gasteiger partial charge in [0.15, 0.2) is 0 Å². The van der Waals surface area contributed by atoms with Crippen LogP contribution in [0.5, 0.6) is 0 Å². The Morgan fingerprint density at radius 3 is 3.11 bits per heavy atom. The van der Waals surface area contributed by atoms with Crippen LogP contribution in [-0.4, -0.2) is 16.5 Å². The quantitative estimate of drug-likeness (QED) is 0.368. The van der Waals surface area contributed by atoms with Gasteiger partial charge in [-0.15, -0.1) is 11.3 Å². The van der Waals surface area contributed by atoms with Crippen molar-refractivity contribution in [3.8, 4) is 0 Å². The molecule has 1 rings (SSSR count). The van der Waals surface area contributed by atoms with E-state index >= 15 is 0 Å². The first-order valence-corrected chi connectivity index (χ1v) is 3.11. The number of nitrogens with zero attached hydrogens (tertiary/aromatic N) is 2. The molecule has 0 bridgehead atoms. The van der Waals surface area contributed by atoms with Gasteiger partial charge in [-0.05, 0) is 0 Å². The molecule has 0 aliphatic rings. The zero-order valence-corrected chi connectivity index (χ0v) is 5.30. The van der Waals surface area contributed by atoms with E-state index in [1.165, 1.54) is 11.3 Å². The highest BCUT2D eigenvalue weighted by molar-refractivity contribution is 7.13. The van der Waals surface area contributed by atoms with Gasteiger partial charge in [0.05, 0.1) is 0 Å². The van der Waals surface area contributed by atoms with E-state index in [9.17, 15) is 0 Å². The van der Waals surface area contributed by atoms with Crippen molar-refractivity contribution in [1.82, 2.24) is 4.98 Å². The number of thiazole rings is 1. The molecule has 0 fully saturated rings. The minimum Gasteiger partial charge on any atom is -0.289 e. The molecule has 0 aliphatic heterocycles. The summed E-state index contributed by atoms with van der Waals surface area (Å²) in [6.45, 7) is 0. The number of hydroxylamine groups is 1. The van der Waals surface area contributed by atoms with Gasteiger partial charge in [-0.3, -0.25) is 10.6 Å². The number of rotatable bonds is 2. The van der Waals surface area contributed by atoms with Crippen LogP contribution in [0.3, 0.4) is 0 Å². The van der Waals surface area contributed by atoms with Crippen LogP contribution in [0.1, 0.15) is 0 Å². The fraction of sp³-hybridized carbons (Fsp3) is 0. The molecule has 4 nitrogen and oxygen atoms in total. The number of hydrogen-bond acceptors (Lipinski definition) is 4. The molecule has 0 saturated heterocycles. The molecule has 0 aliphatic carbocycles. The first-order chi connectivity index (χ1) is 4.34. The van der Waals surface area contributed by atoms with Crippen molar-refractivity contribution in [1.29, 1.82) is 5.41 Å². The maximum atomic E-state index is 8.76. The lowest BCUT2D eigenvalue weighted by molar-refractivity contribution is 0.315. The standard InChI is InChI=1S/C4H5N3OS/c5-3-7(8)4-6-1-2-9-4/h1-3,5,8H. The minimum absolute atomic E-state index is 0.407. The van der Waals surface area contributed by atoms with E-state index in [-0.39, 0.29) is 0 Å². The fourth-order valence-corrected chi connectivity index (χ4v) is 0.910. The van der Waals surface area contributed by atoms with E-state index in [4.69, 9.17) is 10.6 Å². The molecule has 2 N–H and O–H groups in total. The predicted octanol–water partition coefficient (Wildman–Crippen LogP) is 0.946. The molecular formula is C4H5N3OS. The lowest BCUT2D eigenvalue weighted by Crippen LogP contribution is -2.13. The van der Waals surface area contributed by atoms with Crippen molar-refractivity contribution in [3.05, 3.63) is 11.6 Å². The van der Waals surface area contributed by atoms with Crippen molar-refractivity contribution < 1.29 is 5.21 Å². The van der Waals surface area contributed by atoms with Crippen LogP contribution in [-0.2, 0) is 0 Å². The monoisotopic (exact) mass is 143 g/mol. The van der Waals surface area contributed by atoms with Crippen LogP contribution >= 0.6 is 11.3 Å². The second kappa shape index (κ2) is 2.56. The Hall–Kier alpha value is -0.940. The van der Waals surface area contributed by atoms with Gasteiger partial charge in [0.2, 0.25) is 5.13 Å². The zero-order chi connectivity index (χ0) is 6.69. The first-order valence-electron chi connectivity index (χ1n) is 2.23. The van der Waals surface area contributed by atoms with Gasteiger partial charge in [-0.2, -0.15) is 5.06 Å². The number of aromatic nitrogens is 1. The maximum Gasteiger partial charge on any atom is 0.215 e. The molecule has 0 amide bonds. The van der Waals surface area contributed by atoms with Crippen LogP contribution in [0, 0.1) is 5.41 Å². The molecule has 0 atom stereocenters. The highest BCUT2D eigenvalue weighted by Crippen LogP contribution is 2.12. The summed E-state index contributed by atoms with van der Waals surface area (Å²) in [6, 6.07) is 0. The maximum absolute atomic E-state index is 8.76. The van der Waals surface area contributed by atoms with Gasteiger partial charge in [-0.25, -0.2) is 4.98 Å². The summed E-state index contributed by atoms with van der Waals surface area (Å²) >= 11 is 1.27. The Labute approximate surface area is 55.8 Å². The fourth-order valence-electron chi connectivity index (χ4n) is 0.384. The third-order valence-electron chi connectivity index (χ3n) is 0.738. The highest BCUT2D eigenvalue weighted by atomic mass is 32.1. The summed E-state index contributed by atoms with van der Waals surface area (Å²) in [5, 5.41) is 18.1. The molecule has 9 heavy (non-hydrogen) atoms. The van der Waals surface area contributed by atoms with Gasteiger partial charge in [0.1, 0.15) is 6.34 Å². The van der Waals surface area contributed by atoms with Crippen LogP contribution in [0.25, 0.3) is 0 Å². The number of hydrogen-bond donors (Lipinski definition) is 2. The average Bonchev–Trinajstić information content (AvgIpc) is 2.37. The topological polar surface area (TPSA) is 60.2 Å². The van der Waals surface area contributed by atoms with Crippen LogP contribution in [0.2, 0.25) is 0 Å². The summed E-state index contributed by atoms with van der Waals surface area (Å²) in [7, 11) is 0. The smallest absolute Gasteiger partial charge is 0.215 e. The second-order valence-electron chi connectivity index (χ2n) is 1.29. The van der Waals surface area contributed by atoms with Gasteiger partial charge >= 0.3 is 0 Å². The van der Waals surface area contributed by atoms with Crippen molar-refractivity contribution in [2.45, 2.75) is 0 Å². The Morgan fingerprint density at radius 2 is 2.67 bits per heavy atom. The molecule has 1 heterocycles. The van der Waals surface area contributed by atoms with Crippen LogP contribution in [0.15, 0.2) is 11.6 Å². The normalized spacial score (nSPS) is 9.00. The van der Waals surface area contributed by atoms with Gasteiger partial charge in [0.25, 0.3) is 0 Å². The Morgan fingerprint density at radius 1 is 1.89 bits per heavy atom. The van der Waals surface area contributed by atoms with Crippen molar-refractivity contribution in [2.24, 2.45) is 0 Å². The molecule has 0 radical (unpaired) electrons. The number of anilines is 1. The summed E-state index contributed by atoms with van der Waals surface area (Å²) in [5.74, 6) is 0. The lowest BCUT2D eigenvalue weighted by atomic mass is 11.0. The van der Waals surface area contributed by atoms with Gasteiger partial charge < -0.3 is 0 Å². The van der Waals surface area contributed by atoms with Gasteiger partial charge in [-0.1, -0.05) is 0 Å². The zero-order valence-electron chi connectivity index (χ0n) is 4.48. The summed E-state index contributed by atoms with van der Waals surface area (Å²) in [6.07, 6.45) is 2.35. The first kappa shape index (κ1) is 6.18. The third-order valence-corrected chi connectivity index (χ3v) is 1.50. The van der Waals surface area contributed by atoms with Crippen molar-refractivity contribution >= 4 is 22.8 Å². The van der Waals surface area contributed by atoms with Gasteiger partial charge in [0, 0.05) is 11.6 Å². The van der Waals surface area contributed by atoms with Crippen LogP contribution in [0.4, 0.5) is 5.13 Å². The lowest BCUT2D eigenvalue weighted by Gasteiger charge is -2.02. The highest BCUT2D eigenvalue weighted by Gasteiger charge is 1.98. The Balaban J connectivity index is 2.76. The van der Waals surface area contributed by atoms with Crippen molar-refractivity contribution in [2.75, 3.05) is 5.06 Å². The molecule has 1 aromatic heterocycles. The predicted molar refractivity (Wildman–Crippen MR) is 35.2 cm³/mol. The average molecular weight is 143 g/mol. The largest absolute Gasteiger partial charge is 0.289 e. The number of nitrogens with one attached hydrogen (secondary N) is 1. The van der Waals surface area contributed by atoms with E-state index in [0.717, 1.165) is 6.34 Å². The van der Waals surface area contributed by atoms with E-state index < -0.39 is 0 Å². The molecule has 5 heteroatoms. The SMILES string of the molecule is N=CN(O)c1nccs1. The summed E-state index contributed by atoms with van der Waals surface area (Å²) < 4.78 is 0. The minimum atomic E-state index is 0.407. The molecule has 48 valence electrons. The van der Waals surface area contributed by atoms with E-state index in [1.807, 2.05) is 0 Å². The van der Waals surface area contributed by atoms with Crippen LogP contribution < -0.4 is 5.06 Å². The third kappa shape index (κ3) is 1.24. The summed E-state index contributed by atoms with van der Waals surface area (Å²) in [4.78, 5) is 3.73. The van der Waals surface area contributed by atoms with E-state index in [2.05, 4.69) is 4.98 Å². The van der Waals surface area contributed by atoms with E-state index in [1.54, 1.807) is 11.6 Å². The molecule has 0 spiro atoms. The molecule has 0 saturated carbocycles. The Kier molecular flexibility index (Phi) is 1.76. The second-order valence-corrected chi connectivity index (χ2v) is 2.16. The Bertz CT molecular complexity index is 186. The molecule has 0 aromatic carbocycles.